The first kappa shape index (κ1) is 17.5. The Kier molecular flexibility index (Phi) is 5.03. The molecule has 0 radical (unpaired) electrons. The second-order valence-electron chi connectivity index (χ2n) is 6.46. The third kappa shape index (κ3) is 3.93. The quantitative estimate of drug-likeness (QED) is 0.733. The lowest BCUT2D eigenvalue weighted by Crippen LogP contribution is -2.36. The van der Waals surface area contributed by atoms with E-state index in [4.69, 9.17) is 11.6 Å². The number of carbonyl (C=O) groups is 1. The van der Waals surface area contributed by atoms with E-state index >= 15 is 0 Å². The minimum Gasteiger partial charge on any atom is -0.365 e. The van der Waals surface area contributed by atoms with Gasteiger partial charge in [-0.2, -0.15) is 0 Å². The van der Waals surface area contributed by atoms with Crippen LogP contribution < -0.4 is 10.2 Å². The highest BCUT2D eigenvalue weighted by molar-refractivity contribution is 6.30. The van der Waals surface area contributed by atoms with Crippen LogP contribution in [0, 0.1) is 0 Å². The van der Waals surface area contributed by atoms with Crippen molar-refractivity contribution in [2.45, 2.75) is 19.4 Å². The highest BCUT2D eigenvalue weighted by Gasteiger charge is 2.24. The van der Waals surface area contributed by atoms with E-state index < -0.39 is 0 Å². The van der Waals surface area contributed by atoms with Crippen molar-refractivity contribution in [1.82, 2.24) is 9.97 Å². The Labute approximate surface area is 163 Å². The fraction of sp³-hybridized carbons (Fsp3) is 0.190. The smallest absolute Gasteiger partial charge is 0.278 e. The zero-order chi connectivity index (χ0) is 18.6. The molecule has 1 N–H and O–H groups in total. The second kappa shape index (κ2) is 7.76. The highest BCUT2D eigenvalue weighted by atomic mass is 35.5. The van der Waals surface area contributed by atoms with Crippen LogP contribution in [0.1, 0.15) is 28.0 Å². The van der Waals surface area contributed by atoms with Gasteiger partial charge in [0.1, 0.15) is 11.5 Å². The summed E-state index contributed by atoms with van der Waals surface area (Å²) in [5.41, 5.74) is 3.61. The van der Waals surface area contributed by atoms with Gasteiger partial charge in [-0.15, -0.1) is 0 Å². The molecule has 27 heavy (non-hydrogen) atoms. The van der Waals surface area contributed by atoms with Gasteiger partial charge in [0.25, 0.3) is 5.91 Å². The number of para-hydroxylation sites is 1. The number of carbonyl (C=O) groups excluding carboxylic acids is 1. The van der Waals surface area contributed by atoms with Crippen molar-refractivity contribution in [2.75, 3.05) is 16.8 Å². The Morgan fingerprint density at radius 1 is 1.07 bits per heavy atom. The Morgan fingerprint density at radius 2 is 1.89 bits per heavy atom. The first-order chi connectivity index (χ1) is 13.2. The minimum absolute atomic E-state index is 0.112. The minimum atomic E-state index is -0.112. The molecule has 3 aromatic rings. The summed E-state index contributed by atoms with van der Waals surface area (Å²) in [6.07, 6.45) is 5.08. The van der Waals surface area contributed by atoms with Crippen LogP contribution in [0.5, 0.6) is 0 Å². The average molecular weight is 379 g/mol. The molecular formula is C21H19ClN4O. The van der Waals surface area contributed by atoms with Crippen molar-refractivity contribution in [1.29, 1.82) is 0 Å². The van der Waals surface area contributed by atoms with Crippen LogP contribution in [-0.4, -0.2) is 22.4 Å². The molecule has 0 spiro atoms. The fourth-order valence-corrected chi connectivity index (χ4v) is 3.33. The zero-order valence-corrected chi connectivity index (χ0v) is 15.5. The lowest BCUT2D eigenvalue weighted by Gasteiger charge is -2.29. The number of fused-ring (bicyclic) bond motifs is 1. The molecule has 0 fully saturated rings. The standard InChI is InChI=1S/C21H19ClN4O/c22-17-9-7-15(8-10-17)12-24-20-14-23-18(13-25-20)21(27)26-11-3-5-16-4-1-2-6-19(16)26/h1-2,4,6-10,13-14H,3,5,11-12H2,(H,24,25). The molecule has 2 heterocycles. The van der Waals surface area contributed by atoms with E-state index in [-0.39, 0.29) is 5.91 Å². The molecular weight excluding hydrogens is 360 g/mol. The van der Waals surface area contributed by atoms with Crippen LogP contribution in [0.4, 0.5) is 11.5 Å². The molecule has 136 valence electrons. The monoisotopic (exact) mass is 378 g/mol. The van der Waals surface area contributed by atoms with Crippen LogP contribution in [0.25, 0.3) is 0 Å². The van der Waals surface area contributed by atoms with Crippen LogP contribution in [0.3, 0.4) is 0 Å². The van der Waals surface area contributed by atoms with Crippen molar-refractivity contribution in [3.8, 4) is 0 Å². The first-order valence-electron chi connectivity index (χ1n) is 8.91. The van der Waals surface area contributed by atoms with Gasteiger partial charge in [-0.05, 0) is 42.2 Å². The average Bonchev–Trinajstić information content (AvgIpc) is 2.73. The topological polar surface area (TPSA) is 58.1 Å². The number of nitrogens with zero attached hydrogens (tertiary/aromatic N) is 3. The van der Waals surface area contributed by atoms with Crippen molar-refractivity contribution >= 4 is 29.0 Å². The Hall–Kier alpha value is -2.92. The summed E-state index contributed by atoms with van der Waals surface area (Å²) in [4.78, 5) is 23.3. The van der Waals surface area contributed by atoms with Crippen LogP contribution in [-0.2, 0) is 13.0 Å². The highest BCUT2D eigenvalue weighted by Crippen LogP contribution is 2.27. The van der Waals surface area contributed by atoms with Crippen molar-refractivity contribution in [3.05, 3.63) is 82.8 Å². The van der Waals surface area contributed by atoms with Gasteiger partial charge in [0.05, 0.1) is 12.4 Å². The van der Waals surface area contributed by atoms with E-state index in [1.165, 1.54) is 11.8 Å². The molecule has 0 bridgehead atoms. The Morgan fingerprint density at radius 3 is 2.67 bits per heavy atom. The summed E-state index contributed by atoms with van der Waals surface area (Å²) >= 11 is 5.89. The number of nitrogens with one attached hydrogen (secondary N) is 1. The number of benzene rings is 2. The number of rotatable bonds is 4. The van der Waals surface area contributed by atoms with Crippen molar-refractivity contribution in [2.24, 2.45) is 0 Å². The maximum atomic E-state index is 12.9. The number of aryl methyl sites for hydroxylation is 1. The summed E-state index contributed by atoms with van der Waals surface area (Å²) in [5, 5.41) is 3.91. The molecule has 1 aliphatic heterocycles. The summed E-state index contributed by atoms with van der Waals surface area (Å²) in [5.74, 6) is 0.513. The summed E-state index contributed by atoms with van der Waals surface area (Å²) < 4.78 is 0. The van der Waals surface area contributed by atoms with Gasteiger partial charge in [0, 0.05) is 23.8 Å². The molecule has 1 aromatic heterocycles. The maximum Gasteiger partial charge on any atom is 0.278 e. The molecule has 1 amide bonds. The molecule has 5 nitrogen and oxygen atoms in total. The number of hydrogen-bond donors (Lipinski definition) is 1. The van der Waals surface area contributed by atoms with Gasteiger partial charge in [-0.25, -0.2) is 9.97 Å². The third-order valence-electron chi connectivity index (χ3n) is 4.61. The summed E-state index contributed by atoms with van der Waals surface area (Å²) in [6, 6.07) is 15.6. The lowest BCUT2D eigenvalue weighted by atomic mass is 10.0. The third-order valence-corrected chi connectivity index (χ3v) is 4.87. The number of halogens is 1. The molecule has 4 rings (SSSR count). The largest absolute Gasteiger partial charge is 0.365 e. The maximum absolute atomic E-state index is 12.9. The zero-order valence-electron chi connectivity index (χ0n) is 14.7. The lowest BCUT2D eigenvalue weighted by molar-refractivity contribution is 0.0980. The SMILES string of the molecule is O=C(c1cnc(NCc2ccc(Cl)cc2)cn1)N1CCCc2ccccc21. The molecule has 1 aliphatic rings. The van der Waals surface area contributed by atoms with Gasteiger partial charge in [0.15, 0.2) is 0 Å². The van der Waals surface area contributed by atoms with E-state index in [0.717, 1.165) is 24.1 Å². The number of amides is 1. The predicted octanol–water partition coefficient (Wildman–Crippen LogP) is 4.34. The number of aromatic nitrogens is 2. The van der Waals surface area contributed by atoms with Crippen LogP contribution >= 0.6 is 11.6 Å². The Bertz CT molecular complexity index is 941. The Balaban J connectivity index is 1.44. The molecule has 0 saturated heterocycles. The van der Waals surface area contributed by atoms with Gasteiger partial charge in [0.2, 0.25) is 0 Å². The predicted molar refractivity (Wildman–Crippen MR) is 107 cm³/mol. The molecule has 0 aliphatic carbocycles. The number of hydrogen-bond acceptors (Lipinski definition) is 4. The fourth-order valence-electron chi connectivity index (χ4n) is 3.21. The normalized spacial score (nSPS) is 13.1. The molecule has 6 heteroatoms. The van der Waals surface area contributed by atoms with Crippen molar-refractivity contribution < 1.29 is 4.79 Å². The molecule has 0 unspecified atom stereocenters. The van der Waals surface area contributed by atoms with E-state index in [1.807, 2.05) is 42.5 Å². The van der Waals surface area contributed by atoms with E-state index in [9.17, 15) is 4.79 Å². The first-order valence-corrected chi connectivity index (χ1v) is 9.28. The number of anilines is 2. The van der Waals surface area contributed by atoms with E-state index in [2.05, 4.69) is 21.4 Å². The van der Waals surface area contributed by atoms with Crippen molar-refractivity contribution in [3.63, 3.8) is 0 Å². The van der Waals surface area contributed by atoms with E-state index in [1.54, 1.807) is 11.1 Å². The van der Waals surface area contributed by atoms with Crippen LogP contribution in [0.15, 0.2) is 60.9 Å². The summed E-state index contributed by atoms with van der Waals surface area (Å²) in [7, 11) is 0. The summed E-state index contributed by atoms with van der Waals surface area (Å²) in [6.45, 7) is 1.31. The van der Waals surface area contributed by atoms with Gasteiger partial charge in [-0.3, -0.25) is 4.79 Å². The van der Waals surface area contributed by atoms with E-state index in [0.29, 0.717) is 29.6 Å². The molecule has 0 saturated carbocycles. The van der Waals surface area contributed by atoms with Gasteiger partial charge >= 0.3 is 0 Å². The van der Waals surface area contributed by atoms with Crippen LogP contribution in [0.2, 0.25) is 5.02 Å². The van der Waals surface area contributed by atoms with Gasteiger partial charge in [-0.1, -0.05) is 41.9 Å². The van der Waals surface area contributed by atoms with Gasteiger partial charge < -0.3 is 10.2 Å². The second-order valence-corrected chi connectivity index (χ2v) is 6.89. The molecule has 2 aromatic carbocycles. The molecule has 0 atom stereocenters.